The van der Waals surface area contributed by atoms with E-state index < -0.39 is 0 Å². The van der Waals surface area contributed by atoms with Crippen LogP contribution in [0.25, 0.3) is 0 Å². The molecular weight excluding hydrogens is 230 g/mol. The third-order valence-corrected chi connectivity index (χ3v) is 3.42. The van der Waals surface area contributed by atoms with Crippen LogP contribution in [0, 0.1) is 11.3 Å². The zero-order valence-electron chi connectivity index (χ0n) is 11.2. The minimum atomic E-state index is 0.0841. The Hall–Kier alpha value is -0.700. The van der Waals surface area contributed by atoms with Crippen molar-refractivity contribution in [2.45, 2.75) is 40.0 Å². The monoisotopic (exact) mass is 253 g/mol. The van der Waals surface area contributed by atoms with E-state index in [1.807, 2.05) is 6.26 Å². The largest absolute Gasteiger partial charge is 0.300 e. The Bertz CT molecular complexity index is 333. The minimum absolute atomic E-state index is 0.0841. The highest BCUT2D eigenvalue weighted by Crippen LogP contribution is 2.36. The molecule has 0 heterocycles. The van der Waals surface area contributed by atoms with Gasteiger partial charge in [-0.3, -0.25) is 4.79 Å². The molecule has 3 heteroatoms. The van der Waals surface area contributed by atoms with E-state index in [-0.39, 0.29) is 11.3 Å². The molecule has 0 aromatic heterocycles. The summed E-state index contributed by atoms with van der Waals surface area (Å²) in [7, 11) is 0. The fourth-order valence-electron chi connectivity index (χ4n) is 2.36. The zero-order chi connectivity index (χ0) is 12.9. The van der Waals surface area contributed by atoms with E-state index in [1.54, 1.807) is 0 Å². The lowest BCUT2D eigenvalue weighted by Crippen LogP contribution is -2.19. The van der Waals surface area contributed by atoms with Crippen molar-refractivity contribution in [2.24, 2.45) is 11.3 Å². The highest BCUT2D eigenvalue weighted by molar-refractivity contribution is 7.97. The fourth-order valence-corrected chi connectivity index (χ4v) is 2.66. The second kappa shape index (κ2) is 6.29. The maximum Gasteiger partial charge on any atom is 0.234 e. The average molecular weight is 253 g/mol. The number of carbonyl (C=O) groups is 1. The SMILES string of the molecule is CSNC(=O)CC1=CCC(C)(CC(C)C)C=C1. The number of rotatable bonds is 5. The minimum Gasteiger partial charge on any atom is -0.300 e. The number of amides is 1. The van der Waals surface area contributed by atoms with Gasteiger partial charge in [0.2, 0.25) is 5.91 Å². The van der Waals surface area contributed by atoms with Crippen LogP contribution in [0.15, 0.2) is 23.8 Å². The predicted molar refractivity (Wildman–Crippen MR) is 75.7 cm³/mol. The second-order valence-electron chi connectivity index (χ2n) is 5.47. The number of carbonyl (C=O) groups excluding carboxylic acids is 1. The van der Waals surface area contributed by atoms with Gasteiger partial charge in [0, 0.05) is 6.26 Å². The van der Waals surface area contributed by atoms with Gasteiger partial charge < -0.3 is 4.72 Å². The number of nitrogens with one attached hydrogen (secondary N) is 1. The quantitative estimate of drug-likeness (QED) is 0.757. The molecule has 1 atom stereocenters. The van der Waals surface area contributed by atoms with Crippen LogP contribution in [-0.2, 0) is 4.79 Å². The predicted octanol–water partition coefficient (Wildman–Crippen LogP) is 3.71. The Morgan fingerprint density at radius 2 is 2.29 bits per heavy atom. The molecule has 0 aliphatic heterocycles. The van der Waals surface area contributed by atoms with E-state index in [0.29, 0.717) is 12.3 Å². The van der Waals surface area contributed by atoms with Crippen molar-refractivity contribution in [3.63, 3.8) is 0 Å². The van der Waals surface area contributed by atoms with Crippen molar-refractivity contribution in [2.75, 3.05) is 6.26 Å². The van der Waals surface area contributed by atoms with Crippen LogP contribution in [0.4, 0.5) is 0 Å². The molecule has 1 aliphatic carbocycles. The topological polar surface area (TPSA) is 29.1 Å². The van der Waals surface area contributed by atoms with Gasteiger partial charge in [-0.1, -0.05) is 50.9 Å². The molecule has 1 rings (SSSR count). The number of hydrogen-bond acceptors (Lipinski definition) is 2. The van der Waals surface area contributed by atoms with Crippen LogP contribution in [0.3, 0.4) is 0 Å². The number of allylic oxidation sites excluding steroid dienone is 3. The molecule has 17 heavy (non-hydrogen) atoms. The van der Waals surface area contributed by atoms with Gasteiger partial charge in [0.1, 0.15) is 0 Å². The van der Waals surface area contributed by atoms with Crippen LogP contribution in [0.2, 0.25) is 0 Å². The van der Waals surface area contributed by atoms with Crippen LogP contribution >= 0.6 is 11.9 Å². The van der Waals surface area contributed by atoms with Gasteiger partial charge in [0.25, 0.3) is 0 Å². The van der Waals surface area contributed by atoms with Crippen LogP contribution < -0.4 is 4.72 Å². The summed E-state index contributed by atoms with van der Waals surface area (Å²) < 4.78 is 2.75. The number of hydrogen-bond donors (Lipinski definition) is 1. The van der Waals surface area contributed by atoms with E-state index in [1.165, 1.54) is 18.4 Å². The van der Waals surface area contributed by atoms with E-state index in [9.17, 15) is 4.79 Å². The van der Waals surface area contributed by atoms with Crippen molar-refractivity contribution in [1.82, 2.24) is 4.72 Å². The molecule has 0 aromatic carbocycles. The highest BCUT2D eigenvalue weighted by atomic mass is 32.2. The molecule has 0 spiro atoms. The molecule has 1 unspecified atom stereocenters. The summed E-state index contributed by atoms with van der Waals surface area (Å²) in [5, 5.41) is 0. The lowest BCUT2D eigenvalue weighted by molar-refractivity contribution is -0.118. The first kappa shape index (κ1) is 14.4. The first-order valence-corrected chi connectivity index (χ1v) is 7.38. The fraction of sp³-hybridized carbons (Fsp3) is 0.643. The van der Waals surface area contributed by atoms with Crippen molar-refractivity contribution in [3.8, 4) is 0 Å². The molecule has 0 saturated carbocycles. The molecule has 96 valence electrons. The Morgan fingerprint density at radius 3 is 2.76 bits per heavy atom. The van der Waals surface area contributed by atoms with Gasteiger partial charge in [-0.2, -0.15) is 0 Å². The normalized spacial score (nSPS) is 23.7. The molecule has 1 amide bonds. The van der Waals surface area contributed by atoms with E-state index in [4.69, 9.17) is 0 Å². The summed E-state index contributed by atoms with van der Waals surface area (Å²) in [5.74, 6) is 0.792. The second-order valence-corrected chi connectivity index (χ2v) is 6.09. The molecule has 0 fully saturated rings. The summed E-state index contributed by atoms with van der Waals surface area (Å²) in [6.45, 7) is 6.80. The molecule has 1 N–H and O–H groups in total. The van der Waals surface area contributed by atoms with Crippen molar-refractivity contribution in [3.05, 3.63) is 23.8 Å². The Balaban J connectivity index is 2.50. The van der Waals surface area contributed by atoms with E-state index >= 15 is 0 Å². The summed E-state index contributed by atoms with van der Waals surface area (Å²) in [5.41, 5.74) is 1.41. The van der Waals surface area contributed by atoms with Crippen molar-refractivity contribution in [1.29, 1.82) is 0 Å². The molecule has 0 bridgehead atoms. The molecular formula is C14H23NOS. The molecule has 2 nitrogen and oxygen atoms in total. The molecule has 1 aliphatic rings. The van der Waals surface area contributed by atoms with Crippen LogP contribution in [0.5, 0.6) is 0 Å². The van der Waals surface area contributed by atoms with Crippen molar-refractivity contribution >= 4 is 17.9 Å². The van der Waals surface area contributed by atoms with Gasteiger partial charge in [-0.05, 0) is 29.7 Å². The lowest BCUT2D eigenvalue weighted by Gasteiger charge is -2.29. The maximum atomic E-state index is 11.4. The molecule has 0 saturated heterocycles. The third kappa shape index (κ3) is 4.99. The standard InChI is InChI=1S/C14H23NOS/c1-11(2)10-14(3)7-5-12(6-8-14)9-13(16)15-17-4/h5-7,11H,8-10H2,1-4H3,(H,15,16). The first-order valence-electron chi connectivity index (χ1n) is 6.15. The molecule has 0 aromatic rings. The highest BCUT2D eigenvalue weighted by Gasteiger charge is 2.23. The summed E-state index contributed by atoms with van der Waals surface area (Å²) >= 11 is 1.36. The van der Waals surface area contributed by atoms with E-state index in [0.717, 1.165) is 12.0 Å². The lowest BCUT2D eigenvalue weighted by atomic mass is 9.76. The summed E-state index contributed by atoms with van der Waals surface area (Å²) in [4.78, 5) is 11.4. The smallest absolute Gasteiger partial charge is 0.234 e. The first-order chi connectivity index (χ1) is 7.95. The third-order valence-electron chi connectivity index (χ3n) is 2.99. The van der Waals surface area contributed by atoms with Gasteiger partial charge in [0.15, 0.2) is 0 Å². The Labute approximate surface area is 109 Å². The Kier molecular flexibility index (Phi) is 5.31. The van der Waals surface area contributed by atoms with Crippen LogP contribution in [-0.4, -0.2) is 12.2 Å². The molecule has 0 radical (unpaired) electrons. The van der Waals surface area contributed by atoms with Gasteiger partial charge in [-0.15, -0.1) is 0 Å². The maximum absolute atomic E-state index is 11.4. The van der Waals surface area contributed by atoms with Crippen LogP contribution in [0.1, 0.15) is 40.0 Å². The van der Waals surface area contributed by atoms with Crippen molar-refractivity contribution < 1.29 is 4.79 Å². The summed E-state index contributed by atoms with van der Waals surface area (Å²) in [6, 6.07) is 0. The summed E-state index contributed by atoms with van der Waals surface area (Å²) in [6.07, 6.45) is 11.2. The average Bonchev–Trinajstić information content (AvgIpc) is 2.21. The van der Waals surface area contributed by atoms with E-state index in [2.05, 4.69) is 43.7 Å². The van der Waals surface area contributed by atoms with Gasteiger partial charge in [0.05, 0.1) is 6.42 Å². The van der Waals surface area contributed by atoms with Gasteiger partial charge >= 0.3 is 0 Å². The zero-order valence-corrected chi connectivity index (χ0v) is 12.1. The van der Waals surface area contributed by atoms with Gasteiger partial charge in [-0.25, -0.2) is 0 Å². The Morgan fingerprint density at radius 1 is 1.59 bits per heavy atom.